The van der Waals surface area contributed by atoms with Crippen LogP contribution in [0, 0.1) is 11.7 Å². The zero-order valence-corrected chi connectivity index (χ0v) is 18.6. The molecule has 3 heterocycles. The summed E-state index contributed by atoms with van der Waals surface area (Å²) in [5.74, 6) is -0.913. The maximum Gasteiger partial charge on any atom is 0.270 e. The molecule has 0 radical (unpaired) electrons. The number of carbonyl (C=O) groups is 2. The van der Waals surface area contributed by atoms with Crippen molar-refractivity contribution in [2.24, 2.45) is 5.92 Å². The molecule has 178 valence electrons. The van der Waals surface area contributed by atoms with Gasteiger partial charge in [0.15, 0.2) is 5.58 Å². The average Bonchev–Trinajstić information content (AvgIpc) is 3.53. The Hall–Kier alpha value is -3.30. The van der Waals surface area contributed by atoms with Crippen LogP contribution in [-0.4, -0.2) is 53.8 Å². The monoisotopic (exact) mass is 467 g/mol. The lowest BCUT2D eigenvalue weighted by molar-refractivity contribution is -0.0261. The highest BCUT2D eigenvalue weighted by atomic mass is 19.1. The van der Waals surface area contributed by atoms with Crippen molar-refractivity contribution in [3.8, 4) is 0 Å². The Morgan fingerprint density at radius 2 is 2.00 bits per heavy atom. The van der Waals surface area contributed by atoms with Gasteiger partial charge in [-0.05, 0) is 48.9 Å². The summed E-state index contributed by atoms with van der Waals surface area (Å²) in [6, 6.07) is 7.36. The van der Waals surface area contributed by atoms with Crippen molar-refractivity contribution >= 4 is 22.9 Å². The van der Waals surface area contributed by atoms with E-state index in [9.17, 15) is 19.1 Å². The van der Waals surface area contributed by atoms with Gasteiger partial charge in [0.1, 0.15) is 17.0 Å². The number of hydrogen-bond acceptors (Lipinski definition) is 6. The molecule has 1 aliphatic carbocycles. The molecule has 1 saturated heterocycles. The number of aromatic nitrogens is 1. The van der Waals surface area contributed by atoms with Gasteiger partial charge in [0.05, 0.1) is 30.6 Å². The predicted octanol–water partition coefficient (Wildman–Crippen LogP) is 2.58. The minimum atomic E-state index is -0.780. The van der Waals surface area contributed by atoms with Crippen molar-refractivity contribution < 1.29 is 28.2 Å². The van der Waals surface area contributed by atoms with E-state index in [1.165, 1.54) is 18.4 Å². The lowest BCUT2D eigenvalue weighted by Gasteiger charge is -2.28. The van der Waals surface area contributed by atoms with E-state index in [4.69, 9.17) is 9.15 Å². The molecule has 1 aliphatic heterocycles. The largest absolute Gasteiger partial charge is 0.462 e. The van der Waals surface area contributed by atoms with Crippen LogP contribution >= 0.6 is 0 Å². The fraction of sp³-hybridized carbons (Fsp3) is 0.400. The summed E-state index contributed by atoms with van der Waals surface area (Å²) in [5, 5.41) is 15.7. The number of rotatable bonds is 7. The first-order chi connectivity index (χ1) is 16.5. The van der Waals surface area contributed by atoms with Crippen molar-refractivity contribution in [1.82, 2.24) is 15.6 Å². The van der Waals surface area contributed by atoms with Crippen molar-refractivity contribution in [3.63, 3.8) is 0 Å². The summed E-state index contributed by atoms with van der Waals surface area (Å²) in [6.45, 7) is 1.20. The van der Waals surface area contributed by atoms with Crippen LogP contribution in [0.25, 0.3) is 11.1 Å². The standard InChI is InChI=1S/C25H26FN3O5/c26-18-10-15(3-4-17(18)24(31)27-12-14-1-2-14)9-16-11-21(28-20-6-8-34-23(16)20)25(32)29-19-5-7-33-13-22(19)30/h3-4,6,8,10-11,14,19,22,30H,1-2,5,7,9,12-13H2,(H,27,31)(H,29,32)/t19-,22-/m0/s1. The fourth-order valence-corrected chi connectivity index (χ4v) is 4.13. The molecule has 1 saturated carbocycles. The molecule has 0 spiro atoms. The van der Waals surface area contributed by atoms with Crippen LogP contribution in [0.1, 0.15) is 51.2 Å². The van der Waals surface area contributed by atoms with E-state index < -0.39 is 29.8 Å². The Morgan fingerprint density at radius 1 is 1.15 bits per heavy atom. The second kappa shape index (κ2) is 9.52. The van der Waals surface area contributed by atoms with Crippen LogP contribution in [0.5, 0.6) is 0 Å². The maximum atomic E-state index is 14.7. The lowest BCUT2D eigenvalue weighted by Crippen LogP contribution is -2.48. The topological polar surface area (TPSA) is 114 Å². The Kier molecular flexibility index (Phi) is 6.30. The number of pyridine rings is 1. The third-order valence-corrected chi connectivity index (χ3v) is 6.28. The third kappa shape index (κ3) is 4.95. The first-order valence-corrected chi connectivity index (χ1v) is 11.5. The van der Waals surface area contributed by atoms with Gasteiger partial charge in [0.2, 0.25) is 0 Å². The van der Waals surface area contributed by atoms with E-state index in [2.05, 4.69) is 15.6 Å². The van der Waals surface area contributed by atoms with Gasteiger partial charge in [0.25, 0.3) is 11.8 Å². The number of ether oxygens (including phenoxy) is 1. The summed E-state index contributed by atoms with van der Waals surface area (Å²) in [6.07, 6.45) is 3.70. The third-order valence-electron chi connectivity index (χ3n) is 6.28. The lowest BCUT2D eigenvalue weighted by atomic mass is 10.0. The van der Waals surface area contributed by atoms with Crippen molar-refractivity contribution in [3.05, 3.63) is 64.8 Å². The summed E-state index contributed by atoms with van der Waals surface area (Å²) >= 11 is 0. The van der Waals surface area contributed by atoms with Crippen LogP contribution < -0.4 is 10.6 Å². The quantitative estimate of drug-likeness (QED) is 0.492. The first-order valence-electron chi connectivity index (χ1n) is 11.5. The highest BCUT2D eigenvalue weighted by molar-refractivity contribution is 5.95. The molecule has 9 heteroatoms. The molecule has 8 nitrogen and oxygen atoms in total. The van der Waals surface area contributed by atoms with E-state index in [1.54, 1.807) is 18.2 Å². The minimum absolute atomic E-state index is 0.0114. The van der Waals surface area contributed by atoms with Crippen molar-refractivity contribution in [1.29, 1.82) is 0 Å². The molecule has 2 atom stereocenters. The normalized spacial score (nSPS) is 20.3. The van der Waals surface area contributed by atoms with Gasteiger partial charge in [-0.2, -0.15) is 0 Å². The number of aliphatic hydroxyl groups is 1. The van der Waals surface area contributed by atoms with Gasteiger partial charge < -0.3 is 24.9 Å². The number of halogens is 1. The minimum Gasteiger partial charge on any atom is -0.462 e. The Balaban J connectivity index is 1.35. The van der Waals surface area contributed by atoms with E-state index >= 15 is 0 Å². The van der Waals surface area contributed by atoms with Crippen molar-refractivity contribution in [2.45, 2.75) is 37.8 Å². The zero-order valence-electron chi connectivity index (χ0n) is 18.6. The number of nitrogens with zero attached hydrogens (tertiary/aromatic N) is 1. The average molecular weight is 467 g/mol. The summed E-state index contributed by atoms with van der Waals surface area (Å²) in [4.78, 5) is 29.5. The molecule has 2 aromatic heterocycles. The van der Waals surface area contributed by atoms with Gasteiger partial charge in [-0.15, -0.1) is 0 Å². The highest BCUT2D eigenvalue weighted by Gasteiger charge is 2.27. The van der Waals surface area contributed by atoms with Gasteiger partial charge in [0, 0.05) is 31.2 Å². The molecule has 34 heavy (non-hydrogen) atoms. The van der Waals surface area contributed by atoms with E-state index in [1.807, 2.05) is 0 Å². The number of amides is 2. The summed E-state index contributed by atoms with van der Waals surface area (Å²) in [5.41, 5.74) is 2.50. The molecular formula is C25H26FN3O5. The molecule has 2 amide bonds. The van der Waals surface area contributed by atoms with Crippen molar-refractivity contribution in [2.75, 3.05) is 19.8 Å². The number of aliphatic hydroxyl groups excluding tert-OH is 1. The maximum absolute atomic E-state index is 14.7. The van der Waals surface area contributed by atoms with Crippen LogP contribution in [0.4, 0.5) is 4.39 Å². The molecular weight excluding hydrogens is 441 g/mol. The van der Waals surface area contributed by atoms with E-state index in [0.717, 1.165) is 12.8 Å². The molecule has 3 N–H and O–H groups in total. The number of benzene rings is 1. The smallest absolute Gasteiger partial charge is 0.270 e. The Morgan fingerprint density at radius 3 is 2.76 bits per heavy atom. The molecule has 1 aromatic carbocycles. The second-order valence-electron chi connectivity index (χ2n) is 8.96. The van der Waals surface area contributed by atoms with E-state index in [0.29, 0.717) is 47.7 Å². The molecule has 0 bridgehead atoms. The SMILES string of the molecule is O=C(N[C@H]1CCOC[C@@H]1O)c1cc(Cc2ccc(C(=O)NCC3CC3)c(F)c2)c2occc2n1. The van der Waals surface area contributed by atoms with Gasteiger partial charge in [-0.1, -0.05) is 6.07 Å². The molecule has 5 rings (SSSR count). The molecule has 0 unspecified atom stereocenters. The summed E-state index contributed by atoms with van der Waals surface area (Å²) in [7, 11) is 0. The number of fused-ring (bicyclic) bond motifs is 1. The number of carbonyl (C=O) groups excluding carboxylic acids is 2. The predicted molar refractivity (Wildman–Crippen MR) is 121 cm³/mol. The number of hydrogen-bond donors (Lipinski definition) is 3. The molecule has 2 fully saturated rings. The van der Waals surface area contributed by atoms with Crippen LogP contribution in [0.3, 0.4) is 0 Å². The Bertz CT molecular complexity index is 1220. The van der Waals surface area contributed by atoms with Gasteiger partial charge in [-0.3, -0.25) is 9.59 Å². The van der Waals surface area contributed by atoms with Crippen LogP contribution in [0.2, 0.25) is 0 Å². The van der Waals surface area contributed by atoms with Crippen LogP contribution in [-0.2, 0) is 11.2 Å². The molecule has 2 aliphatic rings. The Labute approximate surface area is 195 Å². The van der Waals surface area contributed by atoms with Gasteiger partial charge >= 0.3 is 0 Å². The van der Waals surface area contributed by atoms with Crippen LogP contribution in [0.15, 0.2) is 41.0 Å². The van der Waals surface area contributed by atoms with E-state index in [-0.39, 0.29) is 24.3 Å². The van der Waals surface area contributed by atoms with Gasteiger partial charge in [-0.25, -0.2) is 9.37 Å². The summed E-state index contributed by atoms with van der Waals surface area (Å²) < 4.78 is 25.5. The zero-order chi connectivity index (χ0) is 23.7. The number of furan rings is 1. The molecule has 3 aromatic rings. The first kappa shape index (κ1) is 22.5. The second-order valence-corrected chi connectivity index (χ2v) is 8.96. The number of nitrogens with one attached hydrogen (secondary N) is 2. The fourth-order valence-electron chi connectivity index (χ4n) is 4.13. The highest BCUT2D eigenvalue weighted by Crippen LogP contribution is 2.28.